The molecule has 1 aliphatic heterocycles. The Hall–Kier alpha value is -1.94. The molecule has 0 fully saturated rings. The van der Waals surface area contributed by atoms with Gasteiger partial charge in [-0.25, -0.2) is 0 Å². The Morgan fingerprint density at radius 2 is 1.94 bits per heavy atom. The van der Waals surface area contributed by atoms with Gasteiger partial charge in [-0.3, -0.25) is 0 Å². The molecule has 1 atom stereocenters. The topological polar surface area (TPSA) is 51.8 Å². The van der Waals surface area contributed by atoms with Crippen molar-refractivity contribution in [3.8, 4) is 11.5 Å². The van der Waals surface area contributed by atoms with Crippen LogP contribution in [0.3, 0.4) is 0 Å². The first kappa shape index (κ1) is 11.2. The van der Waals surface area contributed by atoms with Crippen LogP contribution in [0.15, 0.2) is 41.0 Å². The summed E-state index contributed by atoms with van der Waals surface area (Å²) in [4.78, 5) is 0. The van der Waals surface area contributed by atoms with Gasteiger partial charge in [-0.1, -0.05) is 6.07 Å². The molecule has 4 nitrogen and oxygen atoms in total. The van der Waals surface area contributed by atoms with Crippen molar-refractivity contribution < 1.29 is 19.0 Å². The van der Waals surface area contributed by atoms with Gasteiger partial charge in [0.1, 0.15) is 19.0 Å². The predicted molar refractivity (Wildman–Crippen MR) is 64.8 cm³/mol. The van der Waals surface area contributed by atoms with Crippen molar-refractivity contribution in [2.45, 2.75) is 12.5 Å². The molecule has 1 aromatic heterocycles. The molecule has 2 aromatic rings. The van der Waals surface area contributed by atoms with E-state index in [1.807, 2.05) is 30.3 Å². The molecule has 1 aliphatic rings. The van der Waals surface area contributed by atoms with Gasteiger partial charge in [-0.15, -0.1) is 0 Å². The average Bonchev–Trinajstić information content (AvgIpc) is 2.91. The summed E-state index contributed by atoms with van der Waals surface area (Å²) < 4.78 is 16.2. The van der Waals surface area contributed by atoms with Crippen molar-refractivity contribution in [1.29, 1.82) is 0 Å². The lowest BCUT2D eigenvalue weighted by molar-refractivity contribution is 0.161. The maximum atomic E-state index is 10.1. The normalized spacial score (nSPS) is 15.4. The van der Waals surface area contributed by atoms with E-state index in [4.69, 9.17) is 13.9 Å². The van der Waals surface area contributed by atoms with Crippen LogP contribution >= 0.6 is 0 Å². The van der Waals surface area contributed by atoms with Gasteiger partial charge in [0, 0.05) is 6.42 Å². The third kappa shape index (κ3) is 2.19. The van der Waals surface area contributed by atoms with Gasteiger partial charge >= 0.3 is 0 Å². The Morgan fingerprint density at radius 3 is 2.72 bits per heavy atom. The van der Waals surface area contributed by atoms with Crippen LogP contribution in [0.25, 0.3) is 0 Å². The molecule has 1 unspecified atom stereocenters. The zero-order valence-electron chi connectivity index (χ0n) is 9.83. The van der Waals surface area contributed by atoms with Crippen molar-refractivity contribution in [1.82, 2.24) is 0 Å². The van der Waals surface area contributed by atoms with Crippen LogP contribution in [0.5, 0.6) is 11.5 Å². The van der Waals surface area contributed by atoms with Crippen molar-refractivity contribution in [3.05, 3.63) is 47.9 Å². The lowest BCUT2D eigenvalue weighted by Gasteiger charge is -2.20. The highest BCUT2D eigenvalue weighted by atomic mass is 16.6. The molecule has 3 rings (SSSR count). The van der Waals surface area contributed by atoms with Gasteiger partial charge in [0.25, 0.3) is 0 Å². The minimum atomic E-state index is -0.605. The van der Waals surface area contributed by atoms with Crippen molar-refractivity contribution >= 4 is 0 Å². The lowest BCUT2D eigenvalue weighted by Crippen LogP contribution is -2.15. The van der Waals surface area contributed by atoms with E-state index in [1.54, 1.807) is 6.26 Å². The summed E-state index contributed by atoms with van der Waals surface area (Å²) in [5, 5.41) is 10.1. The fourth-order valence-electron chi connectivity index (χ4n) is 2.00. The first-order chi connectivity index (χ1) is 8.83. The zero-order chi connectivity index (χ0) is 12.4. The first-order valence-corrected chi connectivity index (χ1v) is 5.93. The highest BCUT2D eigenvalue weighted by Crippen LogP contribution is 2.33. The predicted octanol–water partition coefficient (Wildman–Crippen LogP) is 2.33. The number of furan rings is 1. The fourth-order valence-corrected chi connectivity index (χ4v) is 2.00. The summed E-state index contributed by atoms with van der Waals surface area (Å²) >= 11 is 0. The lowest BCUT2D eigenvalue weighted by atomic mass is 10.0. The summed E-state index contributed by atoms with van der Waals surface area (Å²) in [6.45, 7) is 1.12. The van der Waals surface area contributed by atoms with Gasteiger partial charge in [-0.2, -0.15) is 0 Å². The molecule has 2 heterocycles. The highest BCUT2D eigenvalue weighted by Gasteiger charge is 2.16. The maximum Gasteiger partial charge on any atom is 0.161 e. The molecular formula is C14H14O4. The highest BCUT2D eigenvalue weighted by molar-refractivity contribution is 5.44. The molecule has 0 spiro atoms. The standard InChI is InChI=1S/C14H14O4/c15-12(9-11-2-1-5-16-11)10-3-4-13-14(8-10)18-7-6-17-13/h1-5,8,12,15H,6-7,9H2. The number of rotatable bonds is 3. The molecule has 0 saturated carbocycles. The van der Waals surface area contributed by atoms with Crippen LogP contribution in [0.4, 0.5) is 0 Å². The van der Waals surface area contributed by atoms with Crippen LogP contribution in [0.2, 0.25) is 0 Å². The van der Waals surface area contributed by atoms with Gasteiger partial charge in [-0.05, 0) is 29.8 Å². The largest absolute Gasteiger partial charge is 0.486 e. The van der Waals surface area contributed by atoms with Crippen LogP contribution in [-0.2, 0) is 6.42 Å². The summed E-state index contributed by atoms with van der Waals surface area (Å²) in [6.07, 6.45) is 1.45. The van der Waals surface area contributed by atoms with E-state index in [0.717, 1.165) is 17.1 Å². The van der Waals surface area contributed by atoms with Gasteiger partial charge in [0.15, 0.2) is 11.5 Å². The van der Waals surface area contributed by atoms with E-state index >= 15 is 0 Å². The molecule has 18 heavy (non-hydrogen) atoms. The molecule has 0 amide bonds. The van der Waals surface area contributed by atoms with E-state index in [1.165, 1.54) is 0 Å². The minimum Gasteiger partial charge on any atom is -0.486 e. The van der Waals surface area contributed by atoms with Crippen LogP contribution in [-0.4, -0.2) is 18.3 Å². The molecule has 94 valence electrons. The molecule has 0 saturated heterocycles. The van der Waals surface area contributed by atoms with Crippen LogP contribution < -0.4 is 9.47 Å². The van der Waals surface area contributed by atoms with Crippen molar-refractivity contribution in [2.75, 3.05) is 13.2 Å². The number of aliphatic hydroxyl groups excluding tert-OH is 1. The third-order valence-electron chi connectivity index (χ3n) is 2.93. The van der Waals surface area contributed by atoms with Gasteiger partial charge in [0.2, 0.25) is 0 Å². The third-order valence-corrected chi connectivity index (χ3v) is 2.93. The second kappa shape index (κ2) is 4.74. The Labute approximate surface area is 105 Å². The summed E-state index contributed by atoms with van der Waals surface area (Å²) in [7, 11) is 0. The number of benzene rings is 1. The van der Waals surface area contributed by atoms with E-state index in [0.29, 0.717) is 25.4 Å². The van der Waals surface area contributed by atoms with Gasteiger partial charge < -0.3 is 19.0 Å². The Kier molecular flexibility index (Phi) is 2.94. The number of hydrogen-bond acceptors (Lipinski definition) is 4. The quantitative estimate of drug-likeness (QED) is 0.903. The molecule has 4 heteroatoms. The SMILES string of the molecule is OC(Cc1ccco1)c1ccc2c(c1)OCCO2. The number of hydrogen-bond donors (Lipinski definition) is 1. The molecule has 0 radical (unpaired) electrons. The second-order valence-corrected chi connectivity index (χ2v) is 4.20. The smallest absolute Gasteiger partial charge is 0.161 e. The van der Waals surface area contributed by atoms with Crippen LogP contribution in [0, 0.1) is 0 Å². The molecular weight excluding hydrogens is 232 g/mol. The van der Waals surface area contributed by atoms with Crippen molar-refractivity contribution in [2.24, 2.45) is 0 Å². The van der Waals surface area contributed by atoms with E-state index < -0.39 is 6.10 Å². The summed E-state index contributed by atoms with van der Waals surface area (Å²) in [5.74, 6) is 2.19. The number of ether oxygens (including phenoxy) is 2. The fraction of sp³-hybridized carbons (Fsp3) is 0.286. The second-order valence-electron chi connectivity index (χ2n) is 4.20. The first-order valence-electron chi connectivity index (χ1n) is 5.93. The average molecular weight is 246 g/mol. The molecule has 0 aliphatic carbocycles. The number of aliphatic hydroxyl groups is 1. The molecule has 0 bridgehead atoms. The number of fused-ring (bicyclic) bond motifs is 1. The maximum absolute atomic E-state index is 10.1. The minimum absolute atomic E-state index is 0.451. The van der Waals surface area contributed by atoms with E-state index in [9.17, 15) is 5.11 Å². The zero-order valence-corrected chi connectivity index (χ0v) is 9.83. The Bertz CT molecular complexity index is 519. The van der Waals surface area contributed by atoms with E-state index in [2.05, 4.69) is 0 Å². The molecule has 1 N–H and O–H groups in total. The van der Waals surface area contributed by atoms with E-state index in [-0.39, 0.29) is 0 Å². The van der Waals surface area contributed by atoms with Gasteiger partial charge in [0.05, 0.1) is 12.4 Å². The summed E-state index contributed by atoms with van der Waals surface area (Å²) in [5.41, 5.74) is 0.802. The Morgan fingerprint density at radius 1 is 1.11 bits per heavy atom. The Balaban J connectivity index is 1.79. The van der Waals surface area contributed by atoms with Crippen LogP contribution in [0.1, 0.15) is 17.4 Å². The van der Waals surface area contributed by atoms with Crippen molar-refractivity contribution in [3.63, 3.8) is 0 Å². The monoisotopic (exact) mass is 246 g/mol. The summed E-state index contributed by atoms with van der Waals surface area (Å²) in [6, 6.07) is 9.16. The molecule has 1 aromatic carbocycles.